The second-order valence-electron chi connectivity index (χ2n) is 3.70. The second-order valence-corrected chi connectivity index (χ2v) is 4.10. The first-order valence-electron chi connectivity index (χ1n) is 5.04. The molecule has 3 heteroatoms. The van der Waals surface area contributed by atoms with Crippen molar-refractivity contribution in [3.8, 4) is 0 Å². The van der Waals surface area contributed by atoms with Crippen molar-refractivity contribution in [3.05, 3.63) is 53.1 Å². The summed E-state index contributed by atoms with van der Waals surface area (Å²) in [6, 6.07) is 13.7. The first kappa shape index (κ1) is 10.8. The number of aryl methyl sites for hydroxylation is 1. The van der Waals surface area contributed by atoms with E-state index in [0.29, 0.717) is 10.7 Å². The van der Waals surface area contributed by atoms with Gasteiger partial charge in [-0.05, 0) is 36.8 Å². The molecule has 2 nitrogen and oxygen atoms in total. The van der Waals surface area contributed by atoms with Crippen LogP contribution in [-0.2, 0) is 0 Å². The molecule has 0 aliphatic heterocycles. The van der Waals surface area contributed by atoms with Crippen molar-refractivity contribution in [3.63, 3.8) is 0 Å². The summed E-state index contributed by atoms with van der Waals surface area (Å²) in [5.74, 6) is 0. The largest absolute Gasteiger partial charge is 0.396 e. The Hall–Kier alpha value is -1.67. The lowest BCUT2D eigenvalue weighted by Gasteiger charge is -2.10. The van der Waals surface area contributed by atoms with Gasteiger partial charge >= 0.3 is 0 Å². The fraction of sp³-hybridized carbons (Fsp3) is 0.0769. The van der Waals surface area contributed by atoms with Gasteiger partial charge in [-0.15, -0.1) is 0 Å². The Morgan fingerprint density at radius 3 is 2.62 bits per heavy atom. The van der Waals surface area contributed by atoms with Crippen LogP contribution in [0, 0.1) is 6.92 Å². The molecule has 0 amide bonds. The summed E-state index contributed by atoms with van der Waals surface area (Å²) < 4.78 is 0. The highest BCUT2D eigenvalue weighted by atomic mass is 35.5. The smallest absolute Gasteiger partial charge is 0.0742 e. The Kier molecular flexibility index (Phi) is 3.02. The van der Waals surface area contributed by atoms with Crippen LogP contribution in [0.15, 0.2) is 42.5 Å². The summed E-state index contributed by atoms with van der Waals surface area (Å²) in [7, 11) is 0. The Morgan fingerprint density at radius 1 is 1.12 bits per heavy atom. The van der Waals surface area contributed by atoms with Crippen molar-refractivity contribution in [2.75, 3.05) is 11.1 Å². The van der Waals surface area contributed by atoms with Gasteiger partial charge in [0.05, 0.1) is 16.4 Å². The first-order chi connectivity index (χ1) is 7.66. The van der Waals surface area contributed by atoms with Crippen molar-refractivity contribution in [2.24, 2.45) is 0 Å². The van der Waals surface area contributed by atoms with E-state index in [1.807, 2.05) is 37.3 Å². The topological polar surface area (TPSA) is 38.0 Å². The monoisotopic (exact) mass is 232 g/mol. The minimum absolute atomic E-state index is 0.567. The van der Waals surface area contributed by atoms with Crippen LogP contribution in [0.1, 0.15) is 5.56 Å². The standard InChI is InChI=1S/C13H13ClN2/c1-9-4-2-5-10(8-9)16-12-7-3-6-11(14)13(12)15/h2-8,16H,15H2,1H3. The zero-order valence-corrected chi connectivity index (χ0v) is 9.75. The molecule has 2 rings (SSSR count). The van der Waals surface area contributed by atoms with Crippen LogP contribution in [0.4, 0.5) is 17.1 Å². The molecule has 0 aliphatic carbocycles. The summed E-state index contributed by atoms with van der Waals surface area (Å²) in [5.41, 5.74) is 9.49. The minimum Gasteiger partial charge on any atom is -0.396 e. The lowest BCUT2D eigenvalue weighted by molar-refractivity contribution is 1.45. The Bertz CT molecular complexity index is 509. The number of halogens is 1. The molecule has 0 aromatic heterocycles. The number of hydrogen-bond donors (Lipinski definition) is 2. The van der Waals surface area contributed by atoms with Gasteiger partial charge in [-0.2, -0.15) is 0 Å². The SMILES string of the molecule is Cc1cccc(Nc2cccc(Cl)c2N)c1. The van der Waals surface area contributed by atoms with Gasteiger partial charge in [0.25, 0.3) is 0 Å². The molecule has 2 aromatic carbocycles. The molecule has 0 saturated carbocycles. The number of nitrogen functional groups attached to an aromatic ring is 1. The third-order valence-corrected chi connectivity index (χ3v) is 2.68. The summed E-state index contributed by atoms with van der Waals surface area (Å²) in [6.45, 7) is 2.05. The van der Waals surface area contributed by atoms with Gasteiger partial charge in [0.1, 0.15) is 0 Å². The van der Waals surface area contributed by atoms with Gasteiger partial charge in [0, 0.05) is 5.69 Å². The fourth-order valence-electron chi connectivity index (χ4n) is 1.52. The van der Waals surface area contributed by atoms with E-state index in [1.54, 1.807) is 6.07 Å². The molecule has 2 aromatic rings. The molecule has 0 fully saturated rings. The van der Waals surface area contributed by atoms with Crippen molar-refractivity contribution >= 4 is 28.7 Å². The van der Waals surface area contributed by atoms with Gasteiger partial charge in [-0.3, -0.25) is 0 Å². The highest BCUT2D eigenvalue weighted by Gasteiger charge is 2.02. The van der Waals surface area contributed by atoms with E-state index in [1.165, 1.54) is 5.56 Å². The Balaban J connectivity index is 2.31. The van der Waals surface area contributed by atoms with E-state index >= 15 is 0 Å². The zero-order valence-electron chi connectivity index (χ0n) is 9.00. The predicted molar refractivity (Wildman–Crippen MR) is 70.3 cm³/mol. The molecule has 0 bridgehead atoms. The van der Waals surface area contributed by atoms with Crippen molar-refractivity contribution < 1.29 is 0 Å². The van der Waals surface area contributed by atoms with E-state index in [4.69, 9.17) is 17.3 Å². The third kappa shape index (κ3) is 2.28. The van der Waals surface area contributed by atoms with Crippen molar-refractivity contribution in [1.82, 2.24) is 0 Å². The quantitative estimate of drug-likeness (QED) is 0.769. The number of hydrogen-bond acceptors (Lipinski definition) is 2. The second kappa shape index (κ2) is 4.45. The van der Waals surface area contributed by atoms with Crippen LogP contribution < -0.4 is 11.1 Å². The van der Waals surface area contributed by atoms with E-state index < -0.39 is 0 Å². The normalized spacial score (nSPS) is 10.1. The van der Waals surface area contributed by atoms with Gasteiger partial charge in [0.2, 0.25) is 0 Å². The third-order valence-electron chi connectivity index (χ3n) is 2.35. The van der Waals surface area contributed by atoms with Crippen LogP contribution in [0.2, 0.25) is 5.02 Å². The molecule has 0 saturated heterocycles. The molecule has 16 heavy (non-hydrogen) atoms. The zero-order chi connectivity index (χ0) is 11.5. The number of anilines is 3. The highest BCUT2D eigenvalue weighted by molar-refractivity contribution is 6.33. The van der Waals surface area contributed by atoms with Crippen molar-refractivity contribution in [2.45, 2.75) is 6.92 Å². The van der Waals surface area contributed by atoms with E-state index in [2.05, 4.69) is 11.4 Å². The summed E-state index contributed by atoms with van der Waals surface area (Å²) in [5, 5.41) is 3.81. The molecule has 0 radical (unpaired) electrons. The molecule has 82 valence electrons. The lowest BCUT2D eigenvalue weighted by Crippen LogP contribution is -1.96. The summed E-state index contributed by atoms with van der Waals surface area (Å²) >= 11 is 5.95. The van der Waals surface area contributed by atoms with Gasteiger partial charge in [-0.1, -0.05) is 29.8 Å². The number of nitrogens with two attached hydrogens (primary N) is 1. The van der Waals surface area contributed by atoms with Gasteiger partial charge < -0.3 is 11.1 Å². The maximum absolute atomic E-state index is 5.95. The molecular weight excluding hydrogens is 220 g/mol. The number of nitrogens with one attached hydrogen (secondary N) is 1. The lowest BCUT2D eigenvalue weighted by atomic mass is 10.2. The van der Waals surface area contributed by atoms with Gasteiger partial charge in [0.15, 0.2) is 0 Å². The van der Waals surface area contributed by atoms with E-state index in [0.717, 1.165) is 11.4 Å². The van der Waals surface area contributed by atoms with E-state index in [-0.39, 0.29) is 0 Å². The van der Waals surface area contributed by atoms with Crippen molar-refractivity contribution in [1.29, 1.82) is 0 Å². The molecule has 0 atom stereocenters. The first-order valence-corrected chi connectivity index (χ1v) is 5.42. The van der Waals surface area contributed by atoms with Crippen LogP contribution in [0.5, 0.6) is 0 Å². The van der Waals surface area contributed by atoms with Crippen LogP contribution in [0.3, 0.4) is 0 Å². The number of rotatable bonds is 2. The molecule has 0 unspecified atom stereocenters. The maximum Gasteiger partial charge on any atom is 0.0742 e. The van der Waals surface area contributed by atoms with Gasteiger partial charge in [-0.25, -0.2) is 0 Å². The van der Waals surface area contributed by atoms with Crippen LogP contribution in [-0.4, -0.2) is 0 Å². The predicted octanol–water partition coefficient (Wildman–Crippen LogP) is 3.97. The van der Waals surface area contributed by atoms with Crippen LogP contribution >= 0.6 is 11.6 Å². The number of para-hydroxylation sites is 1. The summed E-state index contributed by atoms with van der Waals surface area (Å²) in [4.78, 5) is 0. The molecule has 0 heterocycles. The molecule has 0 spiro atoms. The number of benzene rings is 2. The van der Waals surface area contributed by atoms with Crippen LogP contribution in [0.25, 0.3) is 0 Å². The molecule has 0 aliphatic rings. The fourth-order valence-corrected chi connectivity index (χ4v) is 1.70. The summed E-state index contributed by atoms with van der Waals surface area (Å²) in [6.07, 6.45) is 0. The average Bonchev–Trinajstić information content (AvgIpc) is 2.25. The molecule has 3 N–H and O–H groups in total. The minimum atomic E-state index is 0.567. The maximum atomic E-state index is 5.95. The van der Waals surface area contributed by atoms with E-state index in [9.17, 15) is 0 Å². The Morgan fingerprint density at radius 2 is 1.88 bits per heavy atom. The average molecular weight is 233 g/mol. The Labute approximate surface area is 100 Å². The highest BCUT2D eigenvalue weighted by Crippen LogP contribution is 2.29. The molecular formula is C13H13ClN2.